The van der Waals surface area contributed by atoms with Crippen molar-refractivity contribution in [3.05, 3.63) is 53.6 Å². The van der Waals surface area contributed by atoms with Gasteiger partial charge in [-0.15, -0.1) is 12.4 Å². The zero-order valence-corrected chi connectivity index (χ0v) is 15.4. The maximum Gasteiger partial charge on any atom is 0.255 e. The summed E-state index contributed by atoms with van der Waals surface area (Å²) in [5.41, 5.74) is 4.20. The van der Waals surface area contributed by atoms with E-state index in [1.54, 1.807) is 7.05 Å². The standard InChI is InChI=1S/C19H21N5O.ClH/c1-24-22-17-6-5-16(11-18(17)23-24)21-19(25)15-4-2-3-13(10-15)9-14-7-8-20-12-14;/h2-6,10-11,14,20H,7-9,12H2,1H3,(H,21,25);1H. The van der Waals surface area contributed by atoms with Crippen LogP contribution in [0.3, 0.4) is 0 Å². The van der Waals surface area contributed by atoms with Gasteiger partial charge in [-0.1, -0.05) is 12.1 Å². The van der Waals surface area contributed by atoms with Crippen LogP contribution in [-0.2, 0) is 13.5 Å². The quantitative estimate of drug-likeness (QED) is 0.739. The van der Waals surface area contributed by atoms with Crippen LogP contribution in [0.2, 0.25) is 0 Å². The molecule has 0 aliphatic carbocycles. The van der Waals surface area contributed by atoms with Gasteiger partial charge in [0.15, 0.2) is 0 Å². The Labute approximate surface area is 158 Å². The number of halogens is 1. The van der Waals surface area contributed by atoms with Crippen LogP contribution in [0.5, 0.6) is 0 Å². The number of hydrogen-bond acceptors (Lipinski definition) is 4. The Morgan fingerprint density at radius 3 is 2.88 bits per heavy atom. The molecule has 2 heterocycles. The predicted molar refractivity (Wildman–Crippen MR) is 105 cm³/mol. The van der Waals surface area contributed by atoms with E-state index in [-0.39, 0.29) is 18.3 Å². The molecule has 7 heteroatoms. The van der Waals surface area contributed by atoms with Gasteiger partial charge in [0.2, 0.25) is 0 Å². The third-order valence-electron chi connectivity index (χ3n) is 4.61. The highest BCUT2D eigenvalue weighted by Crippen LogP contribution is 2.19. The van der Waals surface area contributed by atoms with E-state index >= 15 is 0 Å². The van der Waals surface area contributed by atoms with Gasteiger partial charge in [-0.2, -0.15) is 15.0 Å². The average molecular weight is 372 g/mol. The maximum atomic E-state index is 12.6. The van der Waals surface area contributed by atoms with Gasteiger partial charge in [-0.05, 0) is 67.7 Å². The number of amides is 1. The van der Waals surface area contributed by atoms with E-state index in [0.717, 1.165) is 36.2 Å². The van der Waals surface area contributed by atoms with Gasteiger partial charge in [-0.3, -0.25) is 4.79 Å². The Balaban J connectivity index is 0.00000196. The van der Waals surface area contributed by atoms with E-state index < -0.39 is 0 Å². The second-order valence-corrected chi connectivity index (χ2v) is 6.61. The van der Waals surface area contributed by atoms with Crippen LogP contribution in [0, 0.1) is 5.92 Å². The number of hydrogen-bond donors (Lipinski definition) is 2. The van der Waals surface area contributed by atoms with E-state index in [2.05, 4.69) is 26.9 Å². The molecule has 1 unspecified atom stereocenters. The average Bonchev–Trinajstić information content (AvgIpc) is 3.23. The summed E-state index contributed by atoms with van der Waals surface area (Å²) in [6.07, 6.45) is 2.22. The molecule has 2 N–H and O–H groups in total. The Hall–Kier alpha value is -2.44. The molecule has 0 saturated carbocycles. The van der Waals surface area contributed by atoms with Crippen molar-refractivity contribution in [2.24, 2.45) is 13.0 Å². The molecule has 0 bridgehead atoms. The second-order valence-electron chi connectivity index (χ2n) is 6.61. The highest BCUT2D eigenvalue weighted by Gasteiger charge is 2.16. The van der Waals surface area contributed by atoms with Crippen molar-refractivity contribution in [1.29, 1.82) is 0 Å². The zero-order chi connectivity index (χ0) is 17.2. The van der Waals surface area contributed by atoms with E-state index in [1.165, 1.54) is 16.8 Å². The van der Waals surface area contributed by atoms with Crippen LogP contribution >= 0.6 is 12.4 Å². The predicted octanol–water partition coefficient (Wildman–Crippen LogP) is 2.79. The molecule has 1 atom stereocenters. The Kier molecular flexibility index (Phi) is 5.54. The fraction of sp³-hybridized carbons (Fsp3) is 0.316. The Bertz CT molecular complexity index is 917. The number of carbonyl (C=O) groups is 1. The number of aryl methyl sites for hydroxylation is 1. The van der Waals surface area contributed by atoms with Crippen LogP contribution in [0.1, 0.15) is 22.3 Å². The van der Waals surface area contributed by atoms with E-state index in [0.29, 0.717) is 11.5 Å². The number of nitrogens with one attached hydrogen (secondary N) is 2. The van der Waals surface area contributed by atoms with Gasteiger partial charge in [0.25, 0.3) is 5.91 Å². The van der Waals surface area contributed by atoms with Gasteiger partial charge < -0.3 is 10.6 Å². The van der Waals surface area contributed by atoms with Crippen molar-refractivity contribution in [3.63, 3.8) is 0 Å². The lowest BCUT2D eigenvalue weighted by Crippen LogP contribution is -2.13. The summed E-state index contributed by atoms with van der Waals surface area (Å²) in [5, 5.41) is 14.9. The lowest BCUT2D eigenvalue weighted by atomic mass is 9.97. The molecule has 1 amide bonds. The molecule has 1 saturated heterocycles. The van der Waals surface area contributed by atoms with Gasteiger partial charge >= 0.3 is 0 Å². The van der Waals surface area contributed by atoms with E-state index in [4.69, 9.17) is 0 Å². The molecule has 0 radical (unpaired) electrons. The fourth-order valence-corrected chi connectivity index (χ4v) is 3.36. The lowest BCUT2D eigenvalue weighted by Gasteiger charge is -2.10. The molecule has 26 heavy (non-hydrogen) atoms. The molecule has 0 spiro atoms. The van der Waals surface area contributed by atoms with Crippen molar-refractivity contribution >= 4 is 35.0 Å². The zero-order valence-electron chi connectivity index (χ0n) is 14.6. The number of carbonyl (C=O) groups excluding carboxylic acids is 1. The number of nitrogens with zero attached hydrogens (tertiary/aromatic N) is 3. The van der Waals surface area contributed by atoms with Crippen molar-refractivity contribution in [1.82, 2.24) is 20.3 Å². The summed E-state index contributed by atoms with van der Waals surface area (Å²) in [6.45, 7) is 2.16. The minimum atomic E-state index is -0.102. The normalized spacial score (nSPS) is 16.4. The van der Waals surface area contributed by atoms with Crippen LogP contribution in [0.4, 0.5) is 5.69 Å². The largest absolute Gasteiger partial charge is 0.322 e. The molecule has 4 rings (SSSR count). The van der Waals surface area contributed by atoms with Crippen molar-refractivity contribution < 1.29 is 4.79 Å². The number of aromatic nitrogens is 3. The first kappa shape index (κ1) is 18.4. The topological polar surface area (TPSA) is 71.8 Å². The number of anilines is 1. The van der Waals surface area contributed by atoms with Gasteiger partial charge in [-0.25, -0.2) is 0 Å². The Morgan fingerprint density at radius 2 is 2.08 bits per heavy atom. The smallest absolute Gasteiger partial charge is 0.255 e. The third kappa shape index (κ3) is 4.03. The lowest BCUT2D eigenvalue weighted by molar-refractivity contribution is 0.102. The van der Waals surface area contributed by atoms with Crippen molar-refractivity contribution in [3.8, 4) is 0 Å². The minimum absolute atomic E-state index is 0. The maximum absolute atomic E-state index is 12.6. The summed E-state index contributed by atoms with van der Waals surface area (Å²) >= 11 is 0. The summed E-state index contributed by atoms with van der Waals surface area (Å²) in [4.78, 5) is 14.1. The minimum Gasteiger partial charge on any atom is -0.322 e. The first-order chi connectivity index (χ1) is 12.2. The SMILES string of the molecule is Cl.Cn1nc2ccc(NC(=O)c3cccc(CC4CCNC4)c3)cc2n1. The number of benzene rings is 2. The van der Waals surface area contributed by atoms with Crippen molar-refractivity contribution in [2.75, 3.05) is 18.4 Å². The molecular weight excluding hydrogens is 350 g/mol. The summed E-state index contributed by atoms with van der Waals surface area (Å²) < 4.78 is 0. The molecule has 3 aromatic rings. The molecule has 1 aliphatic rings. The number of fused-ring (bicyclic) bond motifs is 1. The van der Waals surface area contributed by atoms with Crippen molar-refractivity contribution in [2.45, 2.75) is 12.8 Å². The molecule has 6 nitrogen and oxygen atoms in total. The first-order valence-corrected chi connectivity index (χ1v) is 8.59. The monoisotopic (exact) mass is 371 g/mol. The molecule has 1 fully saturated rings. The second kappa shape index (κ2) is 7.85. The summed E-state index contributed by atoms with van der Waals surface area (Å²) in [7, 11) is 1.78. The van der Waals surface area contributed by atoms with E-state index in [9.17, 15) is 4.79 Å². The van der Waals surface area contributed by atoms with E-state index in [1.807, 2.05) is 36.4 Å². The van der Waals surface area contributed by atoms with Crippen LogP contribution in [0.15, 0.2) is 42.5 Å². The van der Waals surface area contributed by atoms with Gasteiger partial charge in [0, 0.05) is 18.3 Å². The molecule has 136 valence electrons. The summed E-state index contributed by atoms with van der Waals surface area (Å²) in [5.74, 6) is 0.562. The third-order valence-corrected chi connectivity index (χ3v) is 4.61. The van der Waals surface area contributed by atoms with Gasteiger partial charge in [0.05, 0.1) is 0 Å². The Morgan fingerprint density at radius 1 is 1.23 bits per heavy atom. The van der Waals surface area contributed by atoms with Crippen LogP contribution in [-0.4, -0.2) is 34.0 Å². The molecule has 1 aromatic heterocycles. The molecule has 1 aliphatic heterocycles. The highest BCUT2D eigenvalue weighted by atomic mass is 35.5. The van der Waals surface area contributed by atoms with Crippen LogP contribution < -0.4 is 10.6 Å². The summed E-state index contributed by atoms with van der Waals surface area (Å²) in [6, 6.07) is 13.5. The highest BCUT2D eigenvalue weighted by molar-refractivity contribution is 6.05. The van der Waals surface area contributed by atoms with Crippen LogP contribution in [0.25, 0.3) is 11.0 Å². The number of rotatable bonds is 4. The fourth-order valence-electron chi connectivity index (χ4n) is 3.36. The molecular formula is C19H22ClN5O. The first-order valence-electron chi connectivity index (χ1n) is 8.59. The molecule has 2 aromatic carbocycles. The van der Waals surface area contributed by atoms with Gasteiger partial charge in [0.1, 0.15) is 11.0 Å².